The van der Waals surface area contributed by atoms with E-state index < -0.39 is 11.6 Å². The molecule has 0 bridgehead atoms. The van der Waals surface area contributed by atoms with E-state index in [1.165, 1.54) is 6.92 Å². The maximum Gasteiger partial charge on any atom is 0.228 e. The van der Waals surface area contributed by atoms with Crippen LogP contribution in [0.4, 0.5) is 0 Å². The summed E-state index contributed by atoms with van der Waals surface area (Å²) in [4.78, 5) is 22.1. The lowest BCUT2D eigenvalue weighted by Gasteiger charge is -2.01. The first-order chi connectivity index (χ1) is 6.02. The van der Waals surface area contributed by atoms with Gasteiger partial charge in [0.05, 0.1) is 0 Å². The SMILES string of the molecule is CC(=O)C(=O)c1ccc(Cl)cc1C. The zero-order chi connectivity index (χ0) is 10.0. The van der Waals surface area contributed by atoms with Crippen LogP contribution in [0.15, 0.2) is 18.2 Å². The Morgan fingerprint density at radius 3 is 2.38 bits per heavy atom. The van der Waals surface area contributed by atoms with Gasteiger partial charge < -0.3 is 0 Å². The standard InChI is InChI=1S/C10H9ClO2/c1-6-5-8(11)3-4-9(6)10(13)7(2)12/h3-5H,1-2H3. The molecule has 1 aromatic rings. The van der Waals surface area contributed by atoms with E-state index in [9.17, 15) is 9.59 Å². The Bertz CT molecular complexity index is 369. The lowest BCUT2D eigenvalue weighted by Crippen LogP contribution is -2.11. The van der Waals surface area contributed by atoms with E-state index in [1.807, 2.05) is 0 Å². The van der Waals surface area contributed by atoms with E-state index in [1.54, 1.807) is 25.1 Å². The molecule has 68 valence electrons. The molecule has 0 N–H and O–H groups in total. The number of aryl methyl sites for hydroxylation is 1. The summed E-state index contributed by atoms with van der Waals surface area (Å²) in [5, 5.41) is 0.567. The molecule has 0 atom stereocenters. The molecule has 1 aromatic carbocycles. The molecule has 0 saturated carbocycles. The Morgan fingerprint density at radius 1 is 1.31 bits per heavy atom. The molecule has 1 rings (SSSR count). The number of rotatable bonds is 2. The number of benzene rings is 1. The third-order valence-corrected chi connectivity index (χ3v) is 1.99. The number of halogens is 1. The van der Waals surface area contributed by atoms with Crippen LogP contribution >= 0.6 is 11.6 Å². The fourth-order valence-corrected chi connectivity index (χ4v) is 1.30. The molecular weight excluding hydrogens is 188 g/mol. The average Bonchev–Trinajstić information content (AvgIpc) is 2.03. The molecule has 0 unspecified atom stereocenters. The Balaban J connectivity index is 3.16. The summed E-state index contributed by atoms with van der Waals surface area (Å²) in [5.74, 6) is -0.917. The summed E-state index contributed by atoms with van der Waals surface area (Å²) in [6.45, 7) is 3.01. The second kappa shape index (κ2) is 3.71. The third-order valence-electron chi connectivity index (χ3n) is 1.75. The maximum atomic E-state index is 11.3. The minimum Gasteiger partial charge on any atom is -0.291 e. The minimum absolute atomic E-state index is 0.428. The quantitative estimate of drug-likeness (QED) is 0.538. The molecule has 0 aliphatic heterocycles. The van der Waals surface area contributed by atoms with Crippen molar-refractivity contribution in [3.8, 4) is 0 Å². The highest BCUT2D eigenvalue weighted by molar-refractivity contribution is 6.43. The average molecular weight is 197 g/mol. The van der Waals surface area contributed by atoms with E-state index in [0.29, 0.717) is 10.6 Å². The van der Waals surface area contributed by atoms with Crippen LogP contribution in [0.1, 0.15) is 22.8 Å². The lowest BCUT2D eigenvalue weighted by atomic mass is 10.0. The zero-order valence-electron chi connectivity index (χ0n) is 7.43. The highest BCUT2D eigenvalue weighted by atomic mass is 35.5. The van der Waals surface area contributed by atoms with Crippen LogP contribution in [0.2, 0.25) is 5.02 Å². The summed E-state index contributed by atoms with van der Waals surface area (Å²) in [7, 11) is 0. The number of hydrogen-bond acceptors (Lipinski definition) is 2. The fourth-order valence-electron chi connectivity index (χ4n) is 1.07. The van der Waals surface area contributed by atoms with Crippen molar-refractivity contribution in [2.24, 2.45) is 0 Å². The van der Waals surface area contributed by atoms with Crippen molar-refractivity contribution in [2.75, 3.05) is 0 Å². The molecule has 0 heterocycles. The molecule has 0 aliphatic rings. The Morgan fingerprint density at radius 2 is 1.92 bits per heavy atom. The zero-order valence-corrected chi connectivity index (χ0v) is 8.18. The summed E-state index contributed by atoms with van der Waals surface area (Å²) < 4.78 is 0. The Labute approximate surface area is 81.5 Å². The topological polar surface area (TPSA) is 34.1 Å². The monoisotopic (exact) mass is 196 g/mol. The van der Waals surface area contributed by atoms with Gasteiger partial charge in [-0.3, -0.25) is 9.59 Å². The second-order valence-electron chi connectivity index (χ2n) is 2.84. The van der Waals surface area contributed by atoms with Gasteiger partial charge in [0.2, 0.25) is 5.78 Å². The van der Waals surface area contributed by atoms with E-state index in [0.717, 1.165) is 5.56 Å². The smallest absolute Gasteiger partial charge is 0.228 e. The summed E-state index contributed by atoms with van der Waals surface area (Å²) >= 11 is 5.70. The molecule has 0 amide bonds. The van der Waals surface area contributed by atoms with Crippen LogP contribution in [0.3, 0.4) is 0 Å². The van der Waals surface area contributed by atoms with E-state index >= 15 is 0 Å². The number of Topliss-reactive ketones (excluding diaryl/α,β-unsaturated/α-hetero) is 2. The van der Waals surface area contributed by atoms with Gasteiger partial charge in [-0.15, -0.1) is 0 Å². The molecule has 2 nitrogen and oxygen atoms in total. The molecular formula is C10H9ClO2. The van der Waals surface area contributed by atoms with Gasteiger partial charge >= 0.3 is 0 Å². The van der Waals surface area contributed by atoms with Gasteiger partial charge in [-0.05, 0) is 30.7 Å². The van der Waals surface area contributed by atoms with Gasteiger partial charge in [-0.2, -0.15) is 0 Å². The predicted molar refractivity (Wildman–Crippen MR) is 51.2 cm³/mol. The first-order valence-corrected chi connectivity index (χ1v) is 4.21. The normalized spacial score (nSPS) is 9.77. The molecule has 0 fully saturated rings. The number of hydrogen-bond donors (Lipinski definition) is 0. The lowest BCUT2D eigenvalue weighted by molar-refractivity contribution is -0.113. The number of ketones is 2. The van der Waals surface area contributed by atoms with Gasteiger partial charge in [0, 0.05) is 17.5 Å². The van der Waals surface area contributed by atoms with Crippen LogP contribution < -0.4 is 0 Å². The van der Waals surface area contributed by atoms with Gasteiger partial charge in [0.1, 0.15) is 0 Å². The van der Waals surface area contributed by atoms with Crippen LogP contribution in [0, 0.1) is 6.92 Å². The summed E-state index contributed by atoms with van der Waals surface area (Å²) in [5.41, 5.74) is 1.16. The third kappa shape index (κ3) is 2.16. The van der Waals surface area contributed by atoms with E-state index in [-0.39, 0.29) is 0 Å². The maximum absolute atomic E-state index is 11.3. The Hall–Kier alpha value is -1.15. The van der Waals surface area contributed by atoms with Crippen molar-refractivity contribution in [3.05, 3.63) is 34.3 Å². The molecule has 0 radical (unpaired) electrons. The van der Waals surface area contributed by atoms with Crippen molar-refractivity contribution in [3.63, 3.8) is 0 Å². The largest absolute Gasteiger partial charge is 0.291 e. The van der Waals surface area contributed by atoms with Crippen molar-refractivity contribution in [1.29, 1.82) is 0 Å². The predicted octanol–water partition coefficient (Wildman–Crippen LogP) is 2.42. The molecule has 0 aromatic heterocycles. The summed E-state index contributed by atoms with van der Waals surface area (Å²) in [6.07, 6.45) is 0. The molecule has 3 heteroatoms. The van der Waals surface area contributed by atoms with Crippen LogP contribution in [-0.4, -0.2) is 11.6 Å². The van der Waals surface area contributed by atoms with Gasteiger partial charge in [0.15, 0.2) is 5.78 Å². The number of carbonyl (C=O) groups excluding carboxylic acids is 2. The van der Waals surface area contributed by atoms with Crippen molar-refractivity contribution in [2.45, 2.75) is 13.8 Å². The van der Waals surface area contributed by atoms with Gasteiger partial charge in [0.25, 0.3) is 0 Å². The van der Waals surface area contributed by atoms with Crippen LogP contribution in [-0.2, 0) is 4.79 Å². The molecule has 13 heavy (non-hydrogen) atoms. The van der Waals surface area contributed by atoms with E-state index in [4.69, 9.17) is 11.6 Å². The fraction of sp³-hybridized carbons (Fsp3) is 0.200. The van der Waals surface area contributed by atoms with Crippen molar-refractivity contribution < 1.29 is 9.59 Å². The van der Waals surface area contributed by atoms with Crippen LogP contribution in [0.25, 0.3) is 0 Å². The van der Waals surface area contributed by atoms with Crippen molar-refractivity contribution in [1.82, 2.24) is 0 Å². The molecule has 0 spiro atoms. The minimum atomic E-state index is -0.464. The van der Waals surface area contributed by atoms with Crippen molar-refractivity contribution >= 4 is 23.2 Å². The molecule has 0 aliphatic carbocycles. The second-order valence-corrected chi connectivity index (χ2v) is 3.28. The first-order valence-electron chi connectivity index (χ1n) is 3.84. The van der Waals surface area contributed by atoms with Gasteiger partial charge in [-0.1, -0.05) is 11.6 Å². The van der Waals surface area contributed by atoms with E-state index in [2.05, 4.69) is 0 Å². The molecule has 0 saturated heterocycles. The highest BCUT2D eigenvalue weighted by Crippen LogP contribution is 2.15. The Kier molecular flexibility index (Phi) is 2.83. The summed E-state index contributed by atoms with van der Waals surface area (Å²) in [6, 6.07) is 4.84. The first kappa shape index (κ1) is 9.93. The van der Waals surface area contributed by atoms with Crippen LogP contribution in [0.5, 0.6) is 0 Å². The highest BCUT2D eigenvalue weighted by Gasteiger charge is 2.13. The van der Waals surface area contributed by atoms with Gasteiger partial charge in [-0.25, -0.2) is 0 Å². The number of carbonyl (C=O) groups is 2.